The molecule has 0 unspecified atom stereocenters. The van der Waals surface area contributed by atoms with E-state index in [4.69, 9.17) is 0 Å². The first kappa shape index (κ1) is 13.5. The fourth-order valence-electron chi connectivity index (χ4n) is 3.64. The summed E-state index contributed by atoms with van der Waals surface area (Å²) in [5.41, 5.74) is 2.90. The molecule has 0 aliphatic heterocycles. The van der Waals surface area contributed by atoms with E-state index in [2.05, 4.69) is 47.0 Å². The van der Waals surface area contributed by atoms with E-state index in [0.29, 0.717) is 6.04 Å². The van der Waals surface area contributed by atoms with Crippen LogP contribution in [0.5, 0.6) is 0 Å². The van der Waals surface area contributed by atoms with E-state index in [1.807, 2.05) is 0 Å². The van der Waals surface area contributed by atoms with Gasteiger partial charge in [-0.05, 0) is 44.3 Å². The van der Waals surface area contributed by atoms with Crippen molar-refractivity contribution in [3.63, 3.8) is 0 Å². The third kappa shape index (κ3) is 2.84. The molecule has 19 heavy (non-hydrogen) atoms. The number of thioether (sulfide) groups is 1. The number of aromatic nitrogens is 2. The minimum Gasteiger partial charge on any atom is -0.307 e. The molecule has 3 atom stereocenters. The number of nitrogens with zero attached hydrogens (tertiary/aromatic N) is 2. The summed E-state index contributed by atoms with van der Waals surface area (Å²) in [6, 6.07) is 1.27. The average molecular weight is 279 g/mol. The zero-order chi connectivity index (χ0) is 13.2. The van der Waals surface area contributed by atoms with Crippen molar-refractivity contribution in [3.05, 3.63) is 17.5 Å². The first-order valence-corrected chi connectivity index (χ1v) is 8.71. The minimum atomic E-state index is 0.549. The predicted molar refractivity (Wildman–Crippen MR) is 81.6 cm³/mol. The Kier molecular flexibility index (Phi) is 4.18. The second kappa shape index (κ2) is 5.88. The minimum absolute atomic E-state index is 0.549. The molecule has 1 aromatic rings. The molecule has 106 valence electrons. The molecule has 1 N–H and O–H groups in total. The first-order chi connectivity index (χ1) is 9.28. The van der Waals surface area contributed by atoms with Crippen LogP contribution in [0.2, 0.25) is 0 Å². The molecule has 0 saturated heterocycles. The van der Waals surface area contributed by atoms with Crippen molar-refractivity contribution < 1.29 is 0 Å². The number of hydrogen-bond donors (Lipinski definition) is 1. The Hall–Kier alpha value is -0.480. The molecule has 1 heterocycles. The molecular formula is C15H25N3S. The summed E-state index contributed by atoms with van der Waals surface area (Å²) in [7, 11) is 2.07. The van der Waals surface area contributed by atoms with Crippen molar-refractivity contribution in [2.75, 3.05) is 5.75 Å². The standard InChI is InChI=1S/C15H25N3S/c1-3-19-12-8-7-11(9-12)17-14-5-4-6-15-13(14)10-16-18(15)2/h10-12,14,17H,3-9H2,1-2H3/t11-,12-,14-/m1/s1. The van der Waals surface area contributed by atoms with Crippen molar-refractivity contribution in [2.45, 2.75) is 62.8 Å². The maximum Gasteiger partial charge on any atom is 0.0540 e. The highest BCUT2D eigenvalue weighted by Crippen LogP contribution is 2.34. The molecular weight excluding hydrogens is 254 g/mol. The van der Waals surface area contributed by atoms with Gasteiger partial charge in [-0.2, -0.15) is 16.9 Å². The largest absolute Gasteiger partial charge is 0.307 e. The van der Waals surface area contributed by atoms with Crippen molar-refractivity contribution in [1.29, 1.82) is 0 Å². The van der Waals surface area contributed by atoms with Crippen molar-refractivity contribution in [2.24, 2.45) is 7.05 Å². The molecule has 0 spiro atoms. The highest BCUT2D eigenvalue weighted by molar-refractivity contribution is 7.99. The van der Waals surface area contributed by atoms with E-state index in [9.17, 15) is 0 Å². The van der Waals surface area contributed by atoms with Gasteiger partial charge in [0.05, 0.1) is 6.20 Å². The summed E-state index contributed by atoms with van der Waals surface area (Å²) in [5.74, 6) is 1.26. The Labute approximate surface area is 120 Å². The van der Waals surface area contributed by atoms with Crippen LogP contribution in [-0.4, -0.2) is 26.8 Å². The summed E-state index contributed by atoms with van der Waals surface area (Å²) in [4.78, 5) is 0. The van der Waals surface area contributed by atoms with Crippen LogP contribution < -0.4 is 5.32 Å². The second-order valence-electron chi connectivity index (χ2n) is 5.87. The van der Waals surface area contributed by atoms with E-state index in [1.165, 1.54) is 55.5 Å². The summed E-state index contributed by atoms with van der Waals surface area (Å²) >= 11 is 2.14. The fraction of sp³-hybridized carbons (Fsp3) is 0.800. The summed E-state index contributed by atoms with van der Waals surface area (Å²) in [6.45, 7) is 2.27. The maximum atomic E-state index is 4.44. The van der Waals surface area contributed by atoms with Crippen molar-refractivity contribution in [3.8, 4) is 0 Å². The van der Waals surface area contributed by atoms with E-state index < -0.39 is 0 Å². The average Bonchev–Trinajstić information content (AvgIpc) is 2.99. The lowest BCUT2D eigenvalue weighted by molar-refractivity contribution is 0.394. The Morgan fingerprint density at radius 3 is 3.16 bits per heavy atom. The molecule has 0 amide bonds. The maximum absolute atomic E-state index is 4.44. The van der Waals surface area contributed by atoms with Crippen LogP contribution in [-0.2, 0) is 13.5 Å². The van der Waals surface area contributed by atoms with Gasteiger partial charge in [0.25, 0.3) is 0 Å². The van der Waals surface area contributed by atoms with Gasteiger partial charge in [0.15, 0.2) is 0 Å². The Bertz CT molecular complexity index is 429. The smallest absolute Gasteiger partial charge is 0.0540 e. The Morgan fingerprint density at radius 2 is 2.32 bits per heavy atom. The van der Waals surface area contributed by atoms with Gasteiger partial charge < -0.3 is 5.32 Å². The molecule has 1 aromatic heterocycles. The summed E-state index contributed by atoms with van der Waals surface area (Å²) in [5, 5.41) is 9.24. The summed E-state index contributed by atoms with van der Waals surface area (Å²) < 4.78 is 2.06. The fourth-order valence-corrected chi connectivity index (χ4v) is 4.78. The Balaban J connectivity index is 1.62. The van der Waals surface area contributed by atoms with Crippen molar-refractivity contribution in [1.82, 2.24) is 15.1 Å². The molecule has 2 aliphatic carbocycles. The van der Waals surface area contributed by atoms with Gasteiger partial charge in [-0.3, -0.25) is 4.68 Å². The normalized spacial score (nSPS) is 30.5. The number of nitrogens with one attached hydrogen (secondary N) is 1. The zero-order valence-corrected chi connectivity index (χ0v) is 12.9. The molecule has 3 rings (SSSR count). The SMILES string of the molecule is CCS[C@@H]1CC[C@@H](N[C@@H]2CCCc3c2cnn3C)C1. The van der Waals surface area contributed by atoms with Gasteiger partial charge in [0.2, 0.25) is 0 Å². The van der Waals surface area contributed by atoms with Crippen LogP contribution in [0.25, 0.3) is 0 Å². The summed E-state index contributed by atoms with van der Waals surface area (Å²) in [6.07, 6.45) is 9.95. The van der Waals surface area contributed by atoms with Gasteiger partial charge in [0.1, 0.15) is 0 Å². The van der Waals surface area contributed by atoms with Gasteiger partial charge in [0, 0.05) is 35.6 Å². The lowest BCUT2D eigenvalue weighted by atomic mass is 9.92. The van der Waals surface area contributed by atoms with Crippen LogP contribution in [0, 0.1) is 0 Å². The van der Waals surface area contributed by atoms with Crippen molar-refractivity contribution >= 4 is 11.8 Å². The molecule has 2 aliphatic rings. The lowest BCUT2D eigenvalue weighted by Gasteiger charge is -2.27. The molecule has 0 radical (unpaired) electrons. The second-order valence-corrected chi connectivity index (χ2v) is 7.45. The number of hydrogen-bond acceptors (Lipinski definition) is 3. The quantitative estimate of drug-likeness (QED) is 0.918. The monoisotopic (exact) mass is 279 g/mol. The zero-order valence-electron chi connectivity index (χ0n) is 12.1. The highest BCUT2D eigenvalue weighted by atomic mass is 32.2. The predicted octanol–water partition coefficient (Wildman–Crippen LogP) is 3.06. The molecule has 0 bridgehead atoms. The van der Waals surface area contributed by atoms with Gasteiger partial charge in [-0.15, -0.1) is 0 Å². The van der Waals surface area contributed by atoms with E-state index >= 15 is 0 Å². The van der Waals surface area contributed by atoms with Gasteiger partial charge in [-0.25, -0.2) is 0 Å². The van der Waals surface area contributed by atoms with Crippen LogP contribution in [0.15, 0.2) is 6.20 Å². The van der Waals surface area contributed by atoms with Crippen LogP contribution in [0.1, 0.15) is 56.3 Å². The number of rotatable bonds is 4. The van der Waals surface area contributed by atoms with E-state index in [0.717, 1.165) is 11.3 Å². The Morgan fingerprint density at radius 1 is 1.42 bits per heavy atom. The van der Waals surface area contributed by atoms with Crippen LogP contribution in [0.3, 0.4) is 0 Å². The van der Waals surface area contributed by atoms with Crippen LogP contribution >= 0.6 is 11.8 Å². The molecule has 1 fully saturated rings. The first-order valence-electron chi connectivity index (χ1n) is 7.66. The number of aryl methyl sites for hydroxylation is 1. The molecule has 3 nitrogen and oxygen atoms in total. The number of fused-ring (bicyclic) bond motifs is 1. The lowest BCUT2D eigenvalue weighted by Crippen LogP contribution is -2.33. The highest BCUT2D eigenvalue weighted by Gasteiger charge is 2.29. The third-order valence-corrected chi connectivity index (χ3v) is 5.83. The molecule has 1 saturated carbocycles. The third-order valence-electron chi connectivity index (χ3n) is 4.60. The molecule has 0 aromatic carbocycles. The van der Waals surface area contributed by atoms with Gasteiger partial charge >= 0.3 is 0 Å². The van der Waals surface area contributed by atoms with Crippen LogP contribution in [0.4, 0.5) is 0 Å². The topological polar surface area (TPSA) is 29.9 Å². The van der Waals surface area contributed by atoms with E-state index in [-0.39, 0.29) is 0 Å². The van der Waals surface area contributed by atoms with E-state index in [1.54, 1.807) is 0 Å². The molecule has 4 heteroatoms. The van der Waals surface area contributed by atoms with Gasteiger partial charge in [-0.1, -0.05) is 6.92 Å².